The highest BCUT2D eigenvalue weighted by molar-refractivity contribution is 5.14. The topological polar surface area (TPSA) is 62.5 Å². The summed E-state index contributed by atoms with van der Waals surface area (Å²) in [5, 5.41) is 20.9. The highest BCUT2D eigenvalue weighted by Crippen LogP contribution is 2.52. The maximum atomic E-state index is 11.2. The Hall–Kier alpha value is -0.630. The third kappa shape index (κ3) is 2.26. The summed E-state index contributed by atoms with van der Waals surface area (Å²) in [7, 11) is 0. The zero-order chi connectivity index (χ0) is 14.1. The molecular formula is C16H25NO3. The van der Waals surface area contributed by atoms with Gasteiger partial charge in [-0.25, -0.2) is 0 Å². The van der Waals surface area contributed by atoms with Gasteiger partial charge in [0.2, 0.25) is 0 Å². The van der Waals surface area contributed by atoms with E-state index in [4.69, 9.17) is 9.47 Å². The van der Waals surface area contributed by atoms with Gasteiger partial charge in [0, 0.05) is 12.8 Å². The van der Waals surface area contributed by atoms with Gasteiger partial charge < -0.3 is 14.6 Å². The van der Waals surface area contributed by atoms with Gasteiger partial charge in [-0.05, 0) is 25.7 Å². The van der Waals surface area contributed by atoms with Gasteiger partial charge in [-0.1, -0.05) is 25.7 Å². The molecule has 0 atom stereocenters. The van der Waals surface area contributed by atoms with Crippen LogP contribution in [0.25, 0.3) is 0 Å². The lowest BCUT2D eigenvalue weighted by molar-refractivity contribution is -0.218. The molecule has 112 valence electrons. The van der Waals surface area contributed by atoms with E-state index in [0.29, 0.717) is 38.9 Å². The Morgan fingerprint density at radius 2 is 1.35 bits per heavy atom. The predicted octanol–water partition coefficient (Wildman–Crippen LogP) is 2.90. The van der Waals surface area contributed by atoms with Gasteiger partial charge in [-0.15, -0.1) is 0 Å². The fourth-order valence-corrected chi connectivity index (χ4v) is 4.32. The molecule has 3 fully saturated rings. The Bertz CT molecular complexity index is 377. The first-order valence-corrected chi connectivity index (χ1v) is 8.05. The second kappa shape index (κ2) is 5.29. The molecule has 1 spiro atoms. The number of nitriles is 1. The van der Waals surface area contributed by atoms with E-state index in [1.165, 1.54) is 12.8 Å². The molecule has 0 unspecified atom stereocenters. The molecule has 3 rings (SSSR count). The number of hydrogen-bond acceptors (Lipinski definition) is 4. The van der Waals surface area contributed by atoms with Gasteiger partial charge in [-0.3, -0.25) is 0 Å². The monoisotopic (exact) mass is 279 g/mol. The maximum Gasteiger partial charge on any atom is 0.168 e. The molecule has 1 aliphatic heterocycles. The molecule has 2 saturated carbocycles. The van der Waals surface area contributed by atoms with E-state index in [0.717, 1.165) is 25.7 Å². The van der Waals surface area contributed by atoms with E-state index in [1.807, 2.05) is 0 Å². The first kappa shape index (κ1) is 14.3. The van der Waals surface area contributed by atoms with Gasteiger partial charge in [0.05, 0.1) is 30.3 Å². The molecule has 1 heterocycles. The lowest BCUT2D eigenvalue weighted by atomic mass is 9.61. The molecule has 0 radical (unpaired) electrons. The fraction of sp³-hybridized carbons (Fsp3) is 0.938. The molecule has 3 aliphatic rings. The van der Waals surface area contributed by atoms with Crippen LogP contribution < -0.4 is 0 Å². The third-order valence-corrected chi connectivity index (χ3v) is 5.71. The van der Waals surface area contributed by atoms with Crippen molar-refractivity contribution in [3.63, 3.8) is 0 Å². The van der Waals surface area contributed by atoms with Crippen LogP contribution in [-0.2, 0) is 9.47 Å². The quantitative estimate of drug-likeness (QED) is 0.750. The number of ether oxygens (including phenoxy) is 2. The fourth-order valence-electron chi connectivity index (χ4n) is 4.32. The van der Waals surface area contributed by atoms with E-state index in [1.54, 1.807) is 0 Å². The van der Waals surface area contributed by atoms with Crippen LogP contribution in [0, 0.1) is 16.7 Å². The minimum atomic E-state index is -0.855. The first-order chi connectivity index (χ1) is 9.64. The number of aliphatic hydroxyl groups is 1. The third-order valence-electron chi connectivity index (χ3n) is 5.71. The van der Waals surface area contributed by atoms with Gasteiger partial charge >= 0.3 is 0 Å². The smallest absolute Gasteiger partial charge is 0.168 e. The number of hydrogen-bond donors (Lipinski definition) is 1. The second-order valence-corrected chi connectivity index (χ2v) is 6.75. The molecular weight excluding hydrogens is 254 g/mol. The molecule has 2 aliphatic carbocycles. The summed E-state index contributed by atoms with van der Waals surface area (Å²) in [4.78, 5) is 0. The van der Waals surface area contributed by atoms with Crippen molar-refractivity contribution < 1.29 is 14.6 Å². The summed E-state index contributed by atoms with van der Waals surface area (Å²) in [6.45, 7) is 1.31. The highest BCUT2D eigenvalue weighted by atomic mass is 16.7. The Morgan fingerprint density at radius 3 is 1.85 bits per heavy atom. The van der Waals surface area contributed by atoms with Gasteiger partial charge in [0.15, 0.2) is 5.79 Å². The number of rotatable bonds is 1. The molecule has 4 heteroatoms. The molecule has 20 heavy (non-hydrogen) atoms. The first-order valence-electron chi connectivity index (χ1n) is 8.05. The van der Waals surface area contributed by atoms with Crippen molar-refractivity contribution >= 4 is 0 Å². The van der Waals surface area contributed by atoms with Crippen LogP contribution in [0.1, 0.15) is 64.2 Å². The lowest BCUT2D eigenvalue weighted by Gasteiger charge is -2.48. The normalized spacial score (nSPS) is 31.6. The molecule has 0 amide bonds. The summed E-state index contributed by atoms with van der Waals surface area (Å²) in [6.07, 6.45) is 8.87. The molecule has 4 nitrogen and oxygen atoms in total. The summed E-state index contributed by atoms with van der Waals surface area (Å²) >= 11 is 0. The van der Waals surface area contributed by atoms with E-state index in [2.05, 4.69) is 6.07 Å². The maximum absolute atomic E-state index is 11.2. The molecule has 1 N–H and O–H groups in total. The summed E-state index contributed by atoms with van der Waals surface area (Å²) < 4.78 is 11.5. The Kier molecular flexibility index (Phi) is 3.79. The van der Waals surface area contributed by atoms with Crippen molar-refractivity contribution in [2.45, 2.75) is 75.6 Å². The van der Waals surface area contributed by atoms with Gasteiger partial charge in [-0.2, -0.15) is 5.26 Å². The van der Waals surface area contributed by atoms with Gasteiger partial charge in [0.1, 0.15) is 0 Å². The van der Waals surface area contributed by atoms with E-state index < -0.39 is 16.8 Å². The standard InChI is InChI=1S/C16H25NO3/c17-13-14(5-3-1-2-4-6-14)15(18)7-9-16(10-8-15)19-11-12-20-16/h18H,1-12H2. The van der Waals surface area contributed by atoms with E-state index >= 15 is 0 Å². The SMILES string of the molecule is N#CC1(C2(O)CCC3(CC2)OCCO3)CCCCCC1. The van der Waals surface area contributed by atoms with Crippen LogP contribution >= 0.6 is 0 Å². The second-order valence-electron chi connectivity index (χ2n) is 6.75. The summed E-state index contributed by atoms with van der Waals surface area (Å²) in [6, 6.07) is 2.52. The molecule has 0 bridgehead atoms. The van der Waals surface area contributed by atoms with Crippen molar-refractivity contribution in [1.82, 2.24) is 0 Å². The van der Waals surface area contributed by atoms with Crippen molar-refractivity contribution in [1.29, 1.82) is 5.26 Å². The Labute approximate surface area is 121 Å². The molecule has 0 aromatic carbocycles. The average molecular weight is 279 g/mol. The zero-order valence-electron chi connectivity index (χ0n) is 12.2. The Morgan fingerprint density at radius 1 is 0.800 bits per heavy atom. The van der Waals surface area contributed by atoms with Crippen LogP contribution in [-0.4, -0.2) is 29.7 Å². The van der Waals surface area contributed by atoms with Crippen LogP contribution in [0.15, 0.2) is 0 Å². The zero-order valence-corrected chi connectivity index (χ0v) is 12.2. The predicted molar refractivity (Wildman–Crippen MR) is 73.8 cm³/mol. The highest BCUT2D eigenvalue weighted by Gasteiger charge is 2.55. The van der Waals surface area contributed by atoms with Crippen molar-refractivity contribution in [3.05, 3.63) is 0 Å². The van der Waals surface area contributed by atoms with Gasteiger partial charge in [0.25, 0.3) is 0 Å². The van der Waals surface area contributed by atoms with Crippen molar-refractivity contribution in [2.75, 3.05) is 13.2 Å². The Balaban J connectivity index is 1.76. The van der Waals surface area contributed by atoms with Crippen molar-refractivity contribution in [3.8, 4) is 6.07 Å². The van der Waals surface area contributed by atoms with Crippen LogP contribution in [0.4, 0.5) is 0 Å². The summed E-state index contributed by atoms with van der Waals surface area (Å²) in [5.74, 6) is -0.465. The van der Waals surface area contributed by atoms with Crippen LogP contribution in [0.2, 0.25) is 0 Å². The minimum Gasteiger partial charge on any atom is -0.388 e. The summed E-state index contributed by atoms with van der Waals surface area (Å²) in [5.41, 5.74) is -1.41. The van der Waals surface area contributed by atoms with E-state index in [9.17, 15) is 10.4 Å². The largest absolute Gasteiger partial charge is 0.388 e. The average Bonchev–Trinajstić information content (AvgIpc) is 2.78. The lowest BCUT2D eigenvalue weighted by Crippen LogP contribution is -2.53. The van der Waals surface area contributed by atoms with Crippen molar-refractivity contribution in [2.24, 2.45) is 5.41 Å². The van der Waals surface area contributed by atoms with E-state index in [-0.39, 0.29) is 0 Å². The number of nitrogens with zero attached hydrogens (tertiary/aromatic N) is 1. The molecule has 0 aromatic rings. The van der Waals surface area contributed by atoms with Crippen LogP contribution in [0.5, 0.6) is 0 Å². The van der Waals surface area contributed by atoms with Crippen LogP contribution in [0.3, 0.4) is 0 Å². The minimum absolute atomic E-state index is 0.465. The molecule has 1 saturated heterocycles. The molecule has 0 aromatic heterocycles.